The maximum Gasteiger partial charge on any atom is 0.308 e. The first kappa shape index (κ1) is 13.2. The molecule has 5 rings (SSSR count). The van der Waals surface area contributed by atoms with E-state index in [4.69, 9.17) is 4.74 Å². The number of hydrogen-bond donors (Lipinski definition) is 0. The average molecular weight is 276 g/mol. The number of hydrogen-bond acceptors (Lipinski definition) is 2. The lowest BCUT2D eigenvalue weighted by atomic mass is 9.44. The molecule has 5 saturated carbocycles. The van der Waals surface area contributed by atoms with Gasteiger partial charge in [0.2, 0.25) is 0 Å². The number of carbonyl (C=O) groups is 1. The normalized spacial score (nSPS) is 50.1. The molecule has 0 heterocycles. The first-order valence-corrected chi connectivity index (χ1v) is 8.81. The molecule has 2 heteroatoms. The highest BCUT2D eigenvalue weighted by atomic mass is 16.5. The van der Waals surface area contributed by atoms with Crippen LogP contribution in [0.2, 0.25) is 0 Å². The molecule has 5 aliphatic rings. The Bertz CT molecular complexity index is 394. The largest absolute Gasteiger partial charge is 0.469 e. The van der Waals surface area contributed by atoms with E-state index in [9.17, 15) is 4.79 Å². The summed E-state index contributed by atoms with van der Waals surface area (Å²) in [4.78, 5) is 12.1. The smallest absolute Gasteiger partial charge is 0.308 e. The summed E-state index contributed by atoms with van der Waals surface area (Å²) >= 11 is 0. The third-order valence-corrected chi connectivity index (χ3v) is 7.59. The molecule has 0 saturated heterocycles. The van der Waals surface area contributed by atoms with Crippen molar-refractivity contribution < 1.29 is 9.53 Å². The second-order valence-electron chi connectivity index (χ2n) is 8.07. The maximum absolute atomic E-state index is 12.1. The van der Waals surface area contributed by atoms with Gasteiger partial charge >= 0.3 is 5.97 Å². The minimum Gasteiger partial charge on any atom is -0.469 e. The van der Waals surface area contributed by atoms with E-state index in [1.54, 1.807) is 7.11 Å². The number of ether oxygens (including phenoxy) is 1. The molecule has 0 aromatic carbocycles. The fourth-order valence-electron chi connectivity index (χ4n) is 6.65. The Kier molecular flexibility index (Phi) is 3.12. The van der Waals surface area contributed by atoms with Gasteiger partial charge in [-0.25, -0.2) is 0 Å². The lowest BCUT2D eigenvalue weighted by Gasteiger charge is -2.61. The number of methoxy groups -OCH3 is 1. The van der Waals surface area contributed by atoms with Gasteiger partial charge in [-0.2, -0.15) is 0 Å². The van der Waals surface area contributed by atoms with Gasteiger partial charge in [0.1, 0.15) is 0 Å². The van der Waals surface area contributed by atoms with Crippen LogP contribution in [0, 0.1) is 35.0 Å². The van der Waals surface area contributed by atoms with Crippen LogP contribution in [-0.4, -0.2) is 13.1 Å². The number of fused-ring (bicyclic) bond motifs is 3. The molecule has 2 nitrogen and oxygen atoms in total. The lowest BCUT2D eigenvalue weighted by molar-refractivity contribution is -0.159. The molecule has 1 spiro atoms. The van der Waals surface area contributed by atoms with Gasteiger partial charge in [-0.05, 0) is 86.9 Å². The first-order chi connectivity index (χ1) is 9.73. The molecule has 0 amide bonds. The van der Waals surface area contributed by atoms with Crippen LogP contribution in [0.3, 0.4) is 0 Å². The van der Waals surface area contributed by atoms with Crippen LogP contribution >= 0.6 is 0 Å². The number of rotatable bonds is 1. The van der Waals surface area contributed by atoms with Gasteiger partial charge in [-0.3, -0.25) is 4.79 Å². The standard InChI is InChI=1S/C18H28O2/c1-20-17(19)15-4-2-3-14-13(15)7-10-18-8-5-12(6-9-18)11-16(14)18/h12-16H,2-11H2,1H3. The SMILES string of the molecule is COC(=O)C1CCCC2C1CCC13CCC(CC1)CC23. The predicted molar refractivity (Wildman–Crippen MR) is 78.1 cm³/mol. The van der Waals surface area contributed by atoms with Crippen LogP contribution < -0.4 is 0 Å². The summed E-state index contributed by atoms with van der Waals surface area (Å²) in [6.07, 6.45) is 13.9. The summed E-state index contributed by atoms with van der Waals surface area (Å²) in [6, 6.07) is 0. The van der Waals surface area contributed by atoms with Crippen LogP contribution in [0.1, 0.15) is 64.2 Å². The summed E-state index contributed by atoms with van der Waals surface area (Å²) in [5, 5.41) is 0. The summed E-state index contributed by atoms with van der Waals surface area (Å²) in [5.74, 6) is 3.74. The molecule has 4 atom stereocenters. The molecule has 0 aromatic rings. The zero-order chi connectivity index (χ0) is 13.7. The summed E-state index contributed by atoms with van der Waals surface area (Å²) in [7, 11) is 1.57. The van der Waals surface area contributed by atoms with E-state index in [-0.39, 0.29) is 11.9 Å². The van der Waals surface area contributed by atoms with Crippen molar-refractivity contribution in [2.24, 2.45) is 35.0 Å². The van der Waals surface area contributed by atoms with E-state index in [1.807, 2.05) is 0 Å². The van der Waals surface area contributed by atoms with Crippen LogP contribution in [-0.2, 0) is 9.53 Å². The van der Waals surface area contributed by atoms with Crippen molar-refractivity contribution in [3.05, 3.63) is 0 Å². The minimum atomic E-state index is 0.0802. The Morgan fingerprint density at radius 1 is 1.00 bits per heavy atom. The molecule has 0 N–H and O–H groups in total. The quantitative estimate of drug-likeness (QED) is 0.671. The maximum atomic E-state index is 12.1. The molecular weight excluding hydrogens is 248 g/mol. The van der Waals surface area contributed by atoms with Gasteiger partial charge in [0, 0.05) is 0 Å². The van der Waals surface area contributed by atoms with Crippen molar-refractivity contribution in [3.63, 3.8) is 0 Å². The molecule has 4 unspecified atom stereocenters. The molecule has 112 valence electrons. The highest BCUT2D eigenvalue weighted by Gasteiger charge is 2.56. The van der Waals surface area contributed by atoms with Gasteiger partial charge in [-0.1, -0.05) is 6.42 Å². The summed E-state index contributed by atoms with van der Waals surface area (Å²) < 4.78 is 5.10. The minimum absolute atomic E-state index is 0.0802. The molecule has 20 heavy (non-hydrogen) atoms. The van der Waals surface area contributed by atoms with Crippen molar-refractivity contribution in [2.75, 3.05) is 7.11 Å². The third kappa shape index (κ3) is 1.79. The van der Waals surface area contributed by atoms with Crippen molar-refractivity contribution in [1.29, 1.82) is 0 Å². The first-order valence-electron chi connectivity index (χ1n) is 8.81. The van der Waals surface area contributed by atoms with Gasteiger partial charge in [-0.15, -0.1) is 0 Å². The second-order valence-corrected chi connectivity index (χ2v) is 8.07. The van der Waals surface area contributed by atoms with E-state index >= 15 is 0 Å². The van der Waals surface area contributed by atoms with E-state index in [1.165, 1.54) is 57.8 Å². The Balaban J connectivity index is 1.60. The zero-order valence-electron chi connectivity index (χ0n) is 12.8. The Morgan fingerprint density at radius 2 is 1.75 bits per heavy atom. The lowest BCUT2D eigenvalue weighted by Crippen LogP contribution is -2.53. The summed E-state index contributed by atoms with van der Waals surface area (Å²) in [6.45, 7) is 0. The Morgan fingerprint density at radius 3 is 2.50 bits per heavy atom. The van der Waals surface area contributed by atoms with Crippen LogP contribution in [0.4, 0.5) is 0 Å². The topological polar surface area (TPSA) is 26.3 Å². The molecule has 0 radical (unpaired) electrons. The molecule has 0 aliphatic heterocycles. The molecule has 2 bridgehead atoms. The van der Waals surface area contributed by atoms with E-state index in [2.05, 4.69) is 0 Å². The van der Waals surface area contributed by atoms with Crippen LogP contribution in [0.25, 0.3) is 0 Å². The third-order valence-electron chi connectivity index (χ3n) is 7.59. The van der Waals surface area contributed by atoms with Crippen molar-refractivity contribution in [1.82, 2.24) is 0 Å². The van der Waals surface area contributed by atoms with Crippen LogP contribution in [0.15, 0.2) is 0 Å². The molecule has 0 aromatic heterocycles. The second kappa shape index (κ2) is 4.74. The van der Waals surface area contributed by atoms with Crippen molar-refractivity contribution in [2.45, 2.75) is 64.2 Å². The zero-order valence-corrected chi connectivity index (χ0v) is 12.8. The fraction of sp³-hybridized carbons (Fsp3) is 0.944. The summed E-state index contributed by atoms with van der Waals surface area (Å²) in [5.41, 5.74) is 0.688. The van der Waals surface area contributed by atoms with E-state index in [0.717, 1.165) is 24.2 Å². The van der Waals surface area contributed by atoms with Gasteiger partial charge in [0.05, 0.1) is 13.0 Å². The van der Waals surface area contributed by atoms with Crippen molar-refractivity contribution in [3.8, 4) is 0 Å². The van der Waals surface area contributed by atoms with Gasteiger partial charge < -0.3 is 4.74 Å². The highest BCUT2D eigenvalue weighted by molar-refractivity contribution is 5.72. The molecule has 5 fully saturated rings. The predicted octanol–water partition coefficient (Wildman–Crippen LogP) is 4.18. The fourth-order valence-corrected chi connectivity index (χ4v) is 6.65. The van der Waals surface area contributed by atoms with Crippen LogP contribution in [0.5, 0.6) is 0 Å². The van der Waals surface area contributed by atoms with E-state index in [0.29, 0.717) is 11.3 Å². The van der Waals surface area contributed by atoms with Gasteiger partial charge in [0.25, 0.3) is 0 Å². The van der Waals surface area contributed by atoms with Gasteiger partial charge in [0.15, 0.2) is 0 Å². The molecular formula is C18H28O2. The number of carbonyl (C=O) groups excluding carboxylic acids is 1. The number of esters is 1. The Labute approximate surface area is 122 Å². The van der Waals surface area contributed by atoms with Crippen molar-refractivity contribution >= 4 is 5.97 Å². The monoisotopic (exact) mass is 276 g/mol. The Hall–Kier alpha value is -0.530. The highest BCUT2D eigenvalue weighted by Crippen LogP contribution is 2.65. The van der Waals surface area contributed by atoms with E-state index < -0.39 is 0 Å². The molecule has 5 aliphatic carbocycles. The average Bonchev–Trinajstić information content (AvgIpc) is 2.53.